The van der Waals surface area contributed by atoms with Gasteiger partial charge >= 0.3 is 0 Å². The van der Waals surface area contributed by atoms with E-state index in [1.807, 2.05) is 66.7 Å². The van der Waals surface area contributed by atoms with E-state index < -0.39 is 18.0 Å². The molecule has 50 heavy (non-hydrogen) atoms. The third-order valence-corrected chi connectivity index (χ3v) is 9.98. The Hall–Kier alpha value is -4.26. The lowest BCUT2D eigenvalue weighted by Gasteiger charge is -2.37. The van der Waals surface area contributed by atoms with Crippen LogP contribution in [-0.2, 0) is 27.2 Å². The van der Waals surface area contributed by atoms with Gasteiger partial charge in [0.25, 0.3) is 0 Å². The summed E-state index contributed by atoms with van der Waals surface area (Å²) in [4.78, 5) is 49.5. The summed E-state index contributed by atoms with van der Waals surface area (Å²) < 4.78 is 0.901. The third kappa shape index (κ3) is 10.1. The van der Waals surface area contributed by atoms with Gasteiger partial charge in [-0.1, -0.05) is 54.6 Å². The van der Waals surface area contributed by atoms with Gasteiger partial charge in [-0.05, 0) is 104 Å². The maximum absolute atomic E-state index is 14.0. The lowest BCUT2D eigenvalue weighted by Crippen LogP contribution is -2.58. The number of nitrogens with two attached hydrogens (primary N) is 1. The molecule has 5 rings (SSSR count). The number of piperazine rings is 1. The lowest BCUT2D eigenvalue weighted by atomic mass is 10.0. The van der Waals surface area contributed by atoms with E-state index in [1.54, 1.807) is 29.4 Å². The van der Waals surface area contributed by atoms with Gasteiger partial charge in [0, 0.05) is 50.7 Å². The van der Waals surface area contributed by atoms with Gasteiger partial charge in [-0.2, -0.15) is 0 Å². The minimum atomic E-state index is -0.984. The number of pyridine rings is 1. The number of nitrogens with zero attached hydrogens (tertiary/aromatic N) is 3. The molecule has 4 aromatic rings. The first-order chi connectivity index (χ1) is 24.2. The largest absolute Gasteiger partial charge is 0.506 e. The quantitative estimate of drug-likeness (QED) is 0.128. The molecular weight excluding hydrogens is 764 g/mol. The van der Waals surface area contributed by atoms with Gasteiger partial charge in [0.05, 0.1) is 15.4 Å². The number of phenolic OH excluding ortho intramolecular Hbond substituents is 1. The van der Waals surface area contributed by atoms with Gasteiger partial charge in [0.2, 0.25) is 17.7 Å². The molecule has 262 valence electrons. The van der Waals surface area contributed by atoms with Crippen molar-refractivity contribution in [3.8, 4) is 16.9 Å². The number of carbonyl (C=O) groups is 3. The SMILES string of the molecule is NCCCC[C@H](NC(=O)[C@@H](Cc1cc(Br)c(O)c(Br)c1)NC(=O)Cc1ccc(-c2ccccc2)cc1)C(=O)N1CCN(c2ccncc2)CC1. The molecule has 0 saturated carbocycles. The number of benzene rings is 3. The smallest absolute Gasteiger partial charge is 0.245 e. The summed E-state index contributed by atoms with van der Waals surface area (Å²) in [5, 5.41) is 16.2. The molecule has 3 amide bonds. The molecule has 5 N–H and O–H groups in total. The number of amides is 3. The highest BCUT2D eigenvalue weighted by Gasteiger charge is 2.31. The van der Waals surface area contributed by atoms with E-state index in [-0.39, 0.29) is 30.4 Å². The molecule has 1 fully saturated rings. The molecule has 2 heterocycles. The summed E-state index contributed by atoms with van der Waals surface area (Å²) in [6, 6.07) is 23.3. The monoisotopic (exact) mass is 804 g/mol. The second-order valence-electron chi connectivity index (χ2n) is 12.3. The number of aromatic nitrogens is 1. The van der Waals surface area contributed by atoms with Crippen molar-refractivity contribution in [3.63, 3.8) is 0 Å². The van der Waals surface area contributed by atoms with Gasteiger partial charge < -0.3 is 31.3 Å². The highest BCUT2D eigenvalue weighted by Crippen LogP contribution is 2.33. The lowest BCUT2D eigenvalue weighted by molar-refractivity contribution is -0.137. The molecule has 0 radical (unpaired) electrons. The van der Waals surface area contributed by atoms with Crippen LogP contribution in [0.4, 0.5) is 5.69 Å². The first-order valence-electron chi connectivity index (χ1n) is 16.8. The normalized spacial score (nSPS) is 14.1. The van der Waals surface area contributed by atoms with E-state index in [0.29, 0.717) is 66.5 Å². The first-order valence-corrected chi connectivity index (χ1v) is 18.3. The van der Waals surface area contributed by atoms with Crippen LogP contribution in [0.1, 0.15) is 30.4 Å². The highest BCUT2D eigenvalue weighted by molar-refractivity contribution is 9.11. The Bertz CT molecular complexity index is 1710. The van der Waals surface area contributed by atoms with Crippen LogP contribution >= 0.6 is 31.9 Å². The number of rotatable bonds is 14. The number of halogens is 2. The molecule has 12 heteroatoms. The number of phenols is 1. The fourth-order valence-electron chi connectivity index (χ4n) is 6.04. The maximum atomic E-state index is 14.0. The zero-order chi connectivity index (χ0) is 35.5. The van der Waals surface area contributed by atoms with Crippen LogP contribution < -0.4 is 21.3 Å². The minimum absolute atomic E-state index is 0.0346. The first kappa shape index (κ1) is 37.0. The van der Waals surface area contributed by atoms with Crippen molar-refractivity contribution in [1.29, 1.82) is 0 Å². The summed E-state index contributed by atoms with van der Waals surface area (Å²) in [5.41, 5.74) is 10.4. The Kier molecular flexibility index (Phi) is 13.4. The van der Waals surface area contributed by atoms with Crippen LogP contribution in [0.5, 0.6) is 5.75 Å². The molecule has 0 unspecified atom stereocenters. The number of hydrogen-bond donors (Lipinski definition) is 4. The van der Waals surface area contributed by atoms with Crippen molar-refractivity contribution < 1.29 is 19.5 Å². The molecule has 1 aliphatic rings. The molecular formula is C38H42Br2N6O4. The van der Waals surface area contributed by atoms with Crippen LogP contribution in [0.3, 0.4) is 0 Å². The molecule has 2 atom stereocenters. The molecule has 0 bridgehead atoms. The van der Waals surface area contributed by atoms with Gasteiger partial charge in [0.15, 0.2) is 0 Å². The van der Waals surface area contributed by atoms with Crippen LogP contribution in [-0.4, -0.2) is 77.5 Å². The molecule has 1 saturated heterocycles. The van der Waals surface area contributed by atoms with Crippen molar-refractivity contribution in [2.24, 2.45) is 5.73 Å². The van der Waals surface area contributed by atoms with E-state index in [9.17, 15) is 19.5 Å². The van der Waals surface area contributed by atoms with Crippen LogP contribution in [0.2, 0.25) is 0 Å². The number of unbranched alkanes of at least 4 members (excludes halogenated alkanes) is 1. The third-order valence-electron chi connectivity index (χ3n) is 8.77. The zero-order valence-electron chi connectivity index (χ0n) is 27.7. The average molecular weight is 807 g/mol. The van der Waals surface area contributed by atoms with Gasteiger partial charge in [-0.3, -0.25) is 19.4 Å². The Morgan fingerprint density at radius 1 is 0.800 bits per heavy atom. The Balaban J connectivity index is 1.30. The van der Waals surface area contributed by atoms with E-state index in [1.165, 1.54) is 0 Å². The number of carbonyl (C=O) groups excluding carboxylic acids is 3. The second-order valence-corrected chi connectivity index (χ2v) is 14.0. The number of hydrogen-bond acceptors (Lipinski definition) is 7. The number of anilines is 1. The molecule has 0 aliphatic carbocycles. The minimum Gasteiger partial charge on any atom is -0.506 e. The van der Waals surface area contributed by atoms with Crippen LogP contribution in [0.25, 0.3) is 11.1 Å². The van der Waals surface area contributed by atoms with Gasteiger partial charge in [-0.15, -0.1) is 0 Å². The molecule has 3 aromatic carbocycles. The predicted octanol–water partition coefficient (Wildman–Crippen LogP) is 5.21. The van der Waals surface area contributed by atoms with E-state index in [4.69, 9.17) is 5.73 Å². The highest BCUT2D eigenvalue weighted by atomic mass is 79.9. The predicted molar refractivity (Wildman–Crippen MR) is 203 cm³/mol. The molecule has 10 nitrogen and oxygen atoms in total. The van der Waals surface area contributed by atoms with Gasteiger partial charge in [0.1, 0.15) is 17.8 Å². The molecule has 1 aliphatic heterocycles. The van der Waals surface area contributed by atoms with Crippen LogP contribution in [0, 0.1) is 0 Å². The van der Waals surface area contributed by atoms with Crippen LogP contribution in [0.15, 0.2) is 100 Å². The second kappa shape index (κ2) is 18.1. The number of aromatic hydroxyl groups is 1. The summed E-state index contributed by atoms with van der Waals surface area (Å²) in [6.07, 6.45) is 5.52. The Morgan fingerprint density at radius 3 is 2.08 bits per heavy atom. The van der Waals surface area contributed by atoms with E-state index in [2.05, 4.69) is 52.4 Å². The fraction of sp³-hybridized carbons (Fsp3) is 0.316. The summed E-state index contributed by atoms with van der Waals surface area (Å²) >= 11 is 6.73. The fourth-order valence-corrected chi connectivity index (χ4v) is 7.32. The molecule has 0 spiro atoms. The van der Waals surface area contributed by atoms with Crippen molar-refractivity contribution in [2.45, 2.75) is 44.2 Å². The molecule has 1 aromatic heterocycles. The summed E-state index contributed by atoms with van der Waals surface area (Å²) in [5.74, 6) is -0.900. The maximum Gasteiger partial charge on any atom is 0.245 e. The van der Waals surface area contributed by atoms with Crippen molar-refractivity contribution in [2.75, 3.05) is 37.6 Å². The topological polar surface area (TPSA) is 141 Å². The summed E-state index contributed by atoms with van der Waals surface area (Å²) in [6.45, 7) is 2.84. The zero-order valence-corrected chi connectivity index (χ0v) is 30.9. The standard InChI is InChI=1S/C38H42Br2N6O4/c39-31-22-27(23-32(40)36(31)48)24-34(43-35(47)25-26-9-11-29(12-10-26)28-6-2-1-3-7-28)37(49)44-33(8-4-5-15-41)38(50)46-20-18-45(19-21-46)30-13-16-42-17-14-30/h1-3,6-7,9-14,16-17,22-23,33-34,48H,4-5,8,15,18-21,24-25,41H2,(H,43,47)(H,44,49)/t33-,34+/m0/s1. The van der Waals surface area contributed by atoms with E-state index >= 15 is 0 Å². The van der Waals surface area contributed by atoms with Crippen molar-refractivity contribution >= 4 is 55.3 Å². The summed E-state index contributed by atoms with van der Waals surface area (Å²) in [7, 11) is 0. The van der Waals surface area contributed by atoms with E-state index in [0.717, 1.165) is 22.4 Å². The van der Waals surface area contributed by atoms with Gasteiger partial charge in [-0.25, -0.2) is 0 Å². The van der Waals surface area contributed by atoms with Crippen molar-refractivity contribution in [3.05, 3.63) is 111 Å². The Morgan fingerprint density at radius 2 is 1.44 bits per heavy atom. The van der Waals surface area contributed by atoms with Crippen molar-refractivity contribution in [1.82, 2.24) is 20.5 Å². The average Bonchev–Trinajstić information content (AvgIpc) is 3.14. The Labute approximate surface area is 309 Å². The number of nitrogens with one attached hydrogen (secondary N) is 2.